The fourth-order valence-electron chi connectivity index (χ4n) is 4.04. The van der Waals surface area contributed by atoms with Gasteiger partial charge < -0.3 is 31.7 Å². The average Bonchev–Trinajstić information content (AvgIpc) is 2.89. The Morgan fingerprint density at radius 1 is 0.897 bits per heavy atom. The number of nitrogens with two attached hydrogens (primary N) is 2. The molecule has 0 aliphatic rings. The van der Waals surface area contributed by atoms with Crippen molar-refractivity contribution in [3.8, 4) is 5.75 Å². The summed E-state index contributed by atoms with van der Waals surface area (Å²) in [6, 6.07) is 16.6. The van der Waals surface area contributed by atoms with Gasteiger partial charge in [-0.1, -0.05) is 49.4 Å². The molecule has 0 heterocycles. The third-order valence-electron chi connectivity index (χ3n) is 6.09. The van der Waals surface area contributed by atoms with Crippen LogP contribution >= 0.6 is 0 Å². The predicted molar refractivity (Wildman–Crippen MR) is 154 cm³/mol. The monoisotopic (exact) mass is 539 g/mol. The zero-order chi connectivity index (χ0) is 28.8. The fraction of sp³-hybridized carbons (Fsp3) is 0.500. The minimum Gasteiger partial charge on any atom is -0.488 e. The molecule has 9 nitrogen and oxygen atoms in total. The third kappa shape index (κ3) is 11.9. The molecule has 0 aliphatic heterocycles. The Labute approximate surface area is 232 Å². The number of hydrogen-bond donors (Lipinski definition) is 4. The van der Waals surface area contributed by atoms with Gasteiger partial charge in [-0.2, -0.15) is 0 Å². The van der Waals surface area contributed by atoms with Crippen molar-refractivity contribution in [1.82, 2.24) is 15.5 Å². The van der Waals surface area contributed by atoms with E-state index in [2.05, 4.69) is 10.6 Å². The van der Waals surface area contributed by atoms with Gasteiger partial charge in [0.05, 0.1) is 0 Å². The van der Waals surface area contributed by atoms with Gasteiger partial charge in [-0.05, 0) is 56.9 Å². The van der Waals surface area contributed by atoms with Crippen LogP contribution in [0.4, 0.5) is 0 Å². The number of nitrogens with one attached hydrogen (secondary N) is 2. The van der Waals surface area contributed by atoms with Gasteiger partial charge in [0.1, 0.15) is 17.4 Å². The third-order valence-corrected chi connectivity index (χ3v) is 6.09. The van der Waals surface area contributed by atoms with Crippen LogP contribution in [0, 0.1) is 5.92 Å². The molecule has 0 saturated carbocycles. The molecule has 2 aromatic carbocycles. The smallest absolute Gasteiger partial charge is 0.242 e. The molecule has 3 amide bonds. The molecule has 0 bridgehead atoms. The second-order valence-corrected chi connectivity index (χ2v) is 10.7. The van der Waals surface area contributed by atoms with E-state index in [1.54, 1.807) is 11.8 Å². The number of benzene rings is 2. The summed E-state index contributed by atoms with van der Waals surface area (Å²) in [6.07, 6.45) is 1.06. The van der Waals surface area contributed by atoms with Gasteiger partial charge in [0.15, 0.2) is 0 Å². The van der Waals surface area contributed by atoms with Crippen molar-refractivity contribution in [2.24, 2.45) is 17.4 Å². The van der Waals surface area contributed by atoms with E-state index in [1.165, 1.54) is 0 Å². The summed E-state index contributed by atoms with van der Waals surface area (Å²) in [5, 5.41) is 5.82. The molecular formula is C30H45N5O4. The van der Waals surface area contributed by atoms with E-state index >= 15 is 0 Å². The fourth-order valence-corrected chi connectivity index (χ4v) is 4.04. The van der Waals surface area contributed by atoms with Crippen molar-refractivity contribution in [1.29, 1.82) is 0 Å². The molecule has 0 fully saturated rings. The summed E-state index contributed by atoms with van der Waals surface area (Å²) < 4.78 is 5.86. The number of rotatable bonds is 15. The van der Waals surface area contributed by atoms with E-state index in [9.17, 15) is 14.4 Å². The largest absolute Gasteiger partial charge is 0.488 e. The molecule has 0 spiro atoms. The molecule has 2 unspecified atom stereocenters. The lowest BCUT2D eigenvalue weighted by molar-refractivity contribution is -0.136. The Hall–Kier alpha value is -3.43. The molecule has 0 aromatic heterocycles. The Balaban J connectivity index is 2.03. The molecule has 9 heteroatoms. The van der Waals surface area contributed by atoms with Crippen molar-refractivity contribution < 1.29 is 19.1 Å². The number of nitrogens with zero attached hydrogens (tertiary/aromatic N) is 1. The van der Waals surface area contributed by atoms with Crippen LogP contribution in [0.1, 0.15) is 51.7 Å². The van der Waals surface area contributed by atoms with Gasteiger partial charge in [-0.15, -0.1) is 0 Å². The number of carbonyl (C=O) groups is 3. The van der Waals surface area contributed by atoms with Gasteiger partial charge in [0, 0.05) is 45.1 Å². The van der Waals surface area contributed by atoms with Crippen LogP contribution in [0.25, 0.3) is 0 Å². The lowest BCUT2D eigenvalue weighted by Gasteiger charge is -2.24. The van der Waals surface area contributed by atoms with Gasteiger partial charge >= 0.3 is 0 Å². The first-order valence-electron chi connectivity index (χ1n) is 13.6. The van der Waals surface area contributed by atoms with E-state index in [0.717, 1.165) is 16.9 Å². The summed E-state index contributed by atoms with van der Waals surface area (Å²) in [6.45, 7) is 9.36. The molecule has 2 aromatic rings. The summed E-state index contributed by atoms with van der Waals surface area (Å²) in [7, 11) is 0. The van der Waals surface area contributed by atoms with Crippen LogP contribution in [-0.2, 0) is 27.3 Å². The normalized spacial score (nSPS) is 12.8. The number of amides is 3. The highest BCUT2D eigenvalue weighted by Crippen LogP contribution is 2.18. The maximum absolute atomic E-state index is 13.2. The van der Waals surface area contributed by atoms with Crippen LogP contribution in [0.5, 0.6) is 5.75 Å². The zero-order valence-corrected chi connectivity index (χ0v) is 23.7. The number of carbonyl (C=O) groups excluding carboxylic acids is 3. The molecule has 39 heavy (non-hydrogen) atoms. The topological polar surface area (TPSA) is 140 Å². The van der Waals surface area contributed by atoms with Crippen LogP contribution in [-0.4, -0.2) is 60.4 Å². The lowest BCUT2D eigenvalue weighted by atomic mass is 10.0. The quantitative estimate of drug-likeness (QED) is 0.274. The summed E-state index contributed by atoms with van der Waals surface area (Å²) >= 11 is 0. The maximum Gasteiger partial charge on any atom is 0.242 e. The van der Waals surface area contributed by atoms with Crippen molar-refractivity contribution in [2.45, 2.75) is 65.1 Å². The Morgan fingerprint density at radius 3 is 2.08 bits per heavy atom. The van der Waals surface area contributed by atoms with Crippen LogP contribution in [0.2, 0.25) is 0 Å². The Morgan fingerprint density at radius 2 is 1.51 bits per heavy atom. The first-order valence-corrected chi connectivity index (χ1v) is 13.6. The highest BCUT2D eigenvalue weighted by Gasteiger charge is 2.26. The van der Waals surface area contributed by atoms with E-state index in [4.69, 9.17) is 16.2 Å². The lowest BCUT2D eigenvalue weighted by Crippen LogP contribution is -2.49. The summed E-state index contributed by atoms with van der Waals surface area (Å²) in [5.74, 6) is -0.664. The average molecular weight is 540 g/mol. The molecule has 2 atom stereocenters. The van der Waals surface area contributed by atoms with Gasteiger partial charge in [0.2, 0.25) is 17.7 Å². The van der Waals surface area contributed by atoms with Crippen LogP contribution in [0.15, 0.2) is 54.6 Å². The molecule has 2 rings (SSSR count). The Kier molecular flexibility index (Phi) is 12.9. The minimum absolute atomic E-state index is 0.0157. The standard InChI is InChI=1S/C30H45N5O4/c1-22(20-27(36)35(18-16-31)19-17-32)28(37)34-26(15-12-23-8-6-5-7-9-23)29(38)33-21-24-10-13-25(14-11-24)39-30(2,3)4/h5-11,13-14,22,26H,12,15-21,31-32H2,1-4H3,(H,33,38)(H,34,37). The minimum atomic E-state index is -0.747. The van der Waals surface area contributed by atoms with Crippen LogP contribution < -0.4 is 26.8 Å². The number of hydrogen-bond acceptors (Lipinski definition) is 6. The number of ether oxygens (including phenoxy) is 1. The highest BCUT2D eigenvalue weighted by molar-refractivity contribution is 5.90. The van der Waals surface area contributed by atoms with Gasteiger partial charge in [-0.3, -0.25) is 14.4 Å². The van der Waals surface area contributed by atoms with Crippen LogP contribution in [0.3, 0.4) is 0 Å². The van der Waals surface area contributed by atoms with Crippen molar-refractivity contribution in [3.05, 3.63) is 65.7 Å². The first kappa shape index (κ1) is 31.8. The van der Waals surface area contributed by atoms with E-state index < -0.39 is 12.0 Å². The molecular weight excluding hydrogens is 494 g/mol. The zero-order valence-electron chi connectivity index (χ0n) is 23.7. The van der Waals surface area contributed by atoms with Gasteiger partial charge in [0.25, 0.3) is 0 Å². The SMILES string of the molecule is CC(CC(=O)N(CCN)CCN)C(=O)NC(CCc1ccccc1)C(=O)NCc1ccc(OC(C)(C)C)cc1. The maximum atomic E-state index is 13.2. The predicted octanol–water partition coefficient (Wildman–Crippen LogP) is 2.37. The molecule has 214 valence electrons. The van der Waals surface area contributed by atoms with Crippen molar-refractivity contribution in [2.75, 3.05) is 26.2 Å². The molecule has 6 N–H and O–H groups in total. The van der Waals surface area contributed by atoms with Crippen molar-refractivity contribution >= 4 is 17.7 Å². The second-order valence-electron chi connectivity index (χ2n) is 10.7. The van der Waals surface area contributed by atoms with Gasteiger partial charge in [-0.25, -0.2) is 0 Å². The van der Waals surface area contributed by atoms with E-state index in [-0.39, 0.29) is 29.7 Å². The van der Waals surface area contributed by atoms with E-state index in [0.29, 0.717) is 45.6 Å². The highest BCUT2D eigenvalue weighted by atomic mass is 16.5. The molecule has 0 aliphatic carbocycles. The summed E-state index contributed by atoms with van der Waals surface area (Å²) in [4.78, 5) is 40.5. The first-order chi connectivity index (χ1) is 18.5. The second kappa shape index (κ2) is 15.9. The Bertz CT molecular complexity index is 1030. The van der Waals surface area contributed by atoms with Crippen molar-refractivity contribution in [3.63, 3.8) is 0 Å². The van der Waals surface area contributed by atoms with E-state index in [1.807, 2.05) is 75.4 Å². The summed E-state index contributed by atoms with van der Waals surface area (Å²) in [5.41, 5.74) is 12.9. The molecule has 0 saturated heterocycles. The molecule has 0 radical (unpaired) electrons. The number of aryl methyl sites for hydroxylation is 1.